The molecule has 2 fully saturated rings. The second-order valence-electron chi connectivity index (χ2n) is 5.53. The lowest BCUT2D eigenvalue weighted by atomic mass is 10.2. The normalized spacial score (nSPS) is 21.6. The molecule has 5 nitrogen and oxygen atoms in total. The van der Waals surface area contributed by atoms with Gasteiger partial charge in [-0.05, 0) is 24.3 Å². The van der Waals surface area contributed by atoms with E-state index in [2.05, 4.69) is 0 Å². The van der Waals surface area contributed by atoms with Crippen molar-refractivity contribution in [2.75, 3.05) is 26.4 Å². The average Bonchev–Trinajstić information content (AvgIpc) is 3.48. The van der Waals surface area contributed by atoms with Crippen LogP contribution in [0.4, 0.5) is 0 Å². The Hall–Kier alpha value is -2.24. The molecule has 2 unspecified atom stereocenters. The second kappa shape index (κ2) is 6.48. The molecule has 0 spiro atoms. The molecule has 0 radical (unpaired) electrons. The van der Waals surface area contributed by atoms with Crippen LogP contribution in [0.15, 0.2) is 48.5 Å². The Morgan fingerprint density at radius 1 is 0.783 bits per heavy atom. The van der Waals surface area contributed by atoms with Gasteiger partial charge in [0.2, 0.25) is 5.75 Å². The summed E-state index contributed by atoms with van der Waals surface area (Å²) in [6.45, 7) is 2.54. The highest BCUT2D eigenvalue weighted by Crippen LogP contribution is 2.40. The van der Waals surface area contributed by atoms with Crippen molar-refractivity contribution in [3.8, 4) is 23.0 Å². The molecule has 5 heteroatoms. The number of para-hydroxylation sites is 2. The van der Waals surface area contributed by atoms with Crippen molar-refractivity contribution in [3.63, 3.8) is 0 Å². The Morgan fingerprint density at radius 2 is 1.35 bits per heavy atom. The molecule has 2 atom stereocenters. The highest BCUT2D eigenvalue weighted by Gasteiger charge is 2.26. The zero-order valence-electron chi connectivity index (χ0n) is 12.6. The van der Waals surface area contributed by atoms with Gasteiger partial charge in [0, 0.05) is 0 Å². The molecule has 2 aliphatic rings. The first kappa shape index (κ1) is 14.4. The van der Waals surface area contributed by atoms with Gasteiger partial charge in [0.15, 0.2) is 11.5 Å². The molecule has 0 aromatic heterocycles. The number of epoxide rings is 2. The minimum Gasteiger partial charge on any atom is -0.487 e. The van der Waals surface area contributed by atoms with E-state index in [-0.39, 0.29) is 12.2 Å². The van der Waals surface area contributed by atoms with Crippen molar-refractivity contribution in [2.24, 2.45) is 0 Å². The number of hydrogen-bond donors (Lipinski definition) is 0. The van der Waals surface area contributed by atoms with E-state index in [0.717, 1.165) is 19.0 Å². The predicted molar refractivity (Wildman–Crippen MR) is 83.4 cm³/mol. The summed E-state index contributed by atoms with van der Waals surface area (Å²) in [6.07, 6.45) is 0.369. The van der Waals surface area contributed by atoms with Crippen LogP contribution in [0.3, 0.4) is 0 Å². The summed E-state index contributed by atoms with van der Waals surface area (Å²) in [5.41, 5.74) is 0. The highest BCUT2D eigenvalue weighted by atomic mass is 16.6. The van der Waals surface area contributed by atoms with Crippen LogP contribution in [0.2, 0.25) is 0 Å². The lowest BCUT2D eigenvalue weighted by Gasteiger charge is -2.16. The zero-order valence-corrected chi connectivity index (χ0v) is 12.6. The van der Waals surface area contributed by atoms with Gasteiger partial charge in [-0.2, -0.15) is 0 Å². The van der Waals surface area contributed by atoms with Crippen molar-refractivity contribution < 1.29 is 23.7 Å². The number of ether oxygens (including phenoxy) is 5. The monoisotopic (exact) mass is 314 g/mol. The summed E-state index contributed by atoms with van der Waals surface area (Å²) < 4.78 is 28.1. The maximum atomic E-state index is 6.01. The molecule has 0 N–H and O–H groups in total. The van der Waals surface area contributed by atoms with Crippen LogP contribution in [0.5, 0.6) is 23.0 Å². The summed E-state index contributed by atoms with van der Waals surface area (Å²) in [4.78, 5) is 0. The molecule has 0 saturated carbocycles. The van der Waals surface area contributed by atoms with Crippen LogP contribution in [-0.2, 0) is 9.47 Å². The SMILES string of the molecule is c1ccc(Oc2c(OCC3CO3)cccc2OCC2CO2)cc1. The maximum Gasteiger partial charge on any atom is 0.211 e. The van der Waals surface area contributed by atoms with Gasteiger partial charge in [-0.15, -0.1) is 0 Å². The quantitative estimate of drug-likeness (QED) is 0.701. The fraction of sp³-hybridized carbons (Fsp3) is 0.333. The van der Waals surface area contributed by atoms with Crippen molar-refractivity contribution in [3.05, 3.63) is 48.5 Å². The lowest BCUT2D eigenvalue weighted by Crippen LogP contribution is -2.08. The van der Waals surface area contributed by atoms with Gasteiger partial charge in [0.25, 0.3) is 0 Å². The largest absolute Gasteiger partial charge is 0.487 e. The third-order valence-corrected chi connectivity index (χ3v) is 3.56. The molecule has 0 aliphatic carbocycles. The molecule has 2 saturated heterocycles. The summed E-state index contributed by atoms with van der Waals surface area (Å²) in [5.74, 6) is 2.62. The van der Waals surface area contributed by atoms with E-state index in [0.29, 0.717) is 30.5 Å². The molecule has 4 rings (SSSR count). The molecular weight excluding hydrogens is 296 g/mol. The first-order valence-corrected chi connectivity index (χ1v) is 7.73. The van der Waals surface area contributed by atoms with Crippen molar-refractivity contribution in [1.29, 1.82) is 0 Å². The fourth-order valence-corrected chi connectivity index (χ4v) is 2.12. The van der Waals surface area contributed by atoms with E-state index in [1.807, 2.05) is 48.5 Å². The van der Waals surface area contributed by atoms with Gasteiger partial charge in [-0.25, -0.2) is 0 Å². The van der Waals surface area contributed by atoms with Crippen LogP contribution >= 0.6 is 0 Å². The van der Waals surface area contributed by atoms with Gasteiger partial charge < -0.3 is 23.7 Å². The highest BCUT2D eigenvalue weighted by molar-refractivity contribution is 5.53. The van der Waals surface area contributed by atoms with E-state index >= 15 is 0 Å². The van der Waals surface area contributed by atoms with E-state index in [4.69, 9.17) is 23.7 Å². The molecule has 0 amide bonds. The topological polar surface area (TPSA) is 52.8 Å². The zero-order chi connectivity index (χ0) is 15.5. The van der Waals surface area contributed by atoms with Crippen LogP contribution < -0.4 is 14.2 Å². The Morgan fingerprint density at radius 3 is 1.87 bits per heavy atom. The molecule has 0 bridgehead atoms. The minimum absolute atomic E-state index is 0.184. The van der Waals surface area contributed by atoms with Crippen molar-refractivity contribution in [1.82, 2.24) is 0 Å². The van der Waals surface area contributed by atoms with Crippen LogP contribution in [0.25, 0.3) is 0 Å². The van der Waals surface area contributed by atoms with Gasteiger partial charge in [0.1, 0.15) is 31.2 Å². The first-order chi connectivity index (χ1) is 11.4. The van der Waals surface area contributed by atoms with Crippen molar-refractivity contribution in [2.45, 2.75) is 12.2 Å². The lowest BCUT2D eigenvalue weighted by molar-refractivity contribution is 0.238. The Labute approximate surface area is 134 Å². The third kappa shape index (κ3) is 3.94. The summed E-state index contributed by atoms with van der Waals surface area (Å²) in [7, 11) is 0. The maximum absolute atomic E-state index is 6.01. The summed E-state index contributed by atoms with van der Waals surface area (Å²) in [6, 6.07) is 15.2. The third-order valence-electron chi connectivity index (χ3n) is 3.56. The molecule has 2 aliphatic heterocycles. The molecular formula is C18H18O5. The van der Waals surface area contributed by atoms with Crippen LogP contribution in [-0.4, -0.2) is 38.6 Å². The fourth-order valence-electron chi connectivity index (χ4n) is 2.12. The second-order valence-corrected chi connectivity index (χ2v) is 5.53. The van der Waals surface area contributed by atoms with E-state index in [1.54, 1.807) is 0 Å². The molecule has 2 aromatic rings. The van der Waals surface area contributed by atoms with E-state index in [9.17, 15) is 0 Å². The molecule has 120 valence electrons. The molecule has 23 heavy (non-hydrogen) atoms. The summed E-state index contributed by atoms with van der Waals surface area (Å²) in [5, 5.41) is 0. The Kier molecular flexibility index (Phi) is 4.05. The number of benzene rings is 2. The standard InChI is InChI=1S/C18H18O5/c1-2-5-13(6-3-1)23-18-16(21-11-14-9-19-14)7-4-8-17(18)22-12-15-10-20-15/h1-8,14-15H,9-12H2. The number of rotatable bonds is 8. The van der Waals surface area contributed by atoms with E-state index < -0.39 is 0 Å². The summed E-state index contributed by atoms with van der Waals surface area (Å²) >= 11 is 0. The van der Waals surface area contributed by atoms with Gasteiger partial charge >= 0.3 is 0 Å². The van der Waals surface area contributed by atoms with E-state index in [1.165, 1.54) is 0 Å². The predicted octanol–water partition coefficient (Wildman–Crippen LogP) is 3.03. The Balaban J connectivity index is 1.56. The van der Waals surface area contributed by atoms with Crippen molar-refractivity contribution >= 4 is 0 Å². The first-order valence-electron chi connectivity index (χ1n) is 7.73. The van der Waals surface area contributed by atoms with Gasteiger partial charge in [-0.3, -0.25) is 0 Å². The smallest absolute Gasteiger partial charge is 0.211 e. The van der Waals surface area contributed by atoms with Crippen LogP contribution in [0, 0.1) is 0 Å². The van der Waals surface area contributed by atoms with Crippen LogP contribution in [0.1, 0.15) is 0 Å². The minimum atomic E-state index is 0.184. The van der Waals surface area contributed by atoms with Gasteiger partial charge in [-0.1, -0.05) is 24.3 Å². The molecule has 2 aromatic carbocycles. The number of hydrogen-bond acceptors (Lipinski definition) is 5. The average molecular weight is 314 g/mol. The van der Waals surface area contributed by atoms with Gasteiger partial charge in [0.05, 0.1) is 13.2 Å². The Bertz CT molecular complexity index is 615. The molecule has 2 heterocycles.